The second-order valence-electron chi connectivity index (χ2n) is 4.71. The van der Waals surface area contributed by atoms with Crippen molar-refractivity contribution in [1.29, 1.82) is 0 Å². The van der Waals surface area contributed by atoms with Crippen LogP contribution >= 0.6 is 27.7 Å². The highest BCUT2D eigenvalue weighted by Gasteiger charge is 2.32. The molecule has 0 bridgehead atoms. The van der Waals surface area contributed by atoms with Gasteiger partial charge in [0, 0.05) is 34.7 Å². The largest absolute Gasteiger partial charge is 0.311 e. The molecule has 0 amide bonds. The number of nitrogens with one attached hydrogen (secondary N) is 1. The van der Waals surface area contributed by atoms with Gasteiger partial charge >= 0.3 is 0 Å². The fraction of sp³-hybridized carbons (Fsp3) is 0.615. The number of halogens is 1. The average molecular weight is 315 g/mol. The molecular formula is C13H19BrN2S. The van der Waals surface area contributed by atoms with Gasteiger partial charge in [0.1, 0.15) is 0 Å². The second kappa shape index (κ2) is 6.21. The van der Waals surface area contributed by atoms with Crippen molar-refractivity contribution in [2.24, 2.45) is 0 Å². The van der Waals surface area contributed by atoms with Gasteiger partial charge in [0.25, 0.3) is 0 Å². The van der Waals surface area contributed by atoms with Crippen LogP contribution in [-0.2, 0) is 6.54 Å². The molecular weight excluding hydrogens is 296 g/mol. The number of pyridine rings is 1. The van der Waals surface area contributed by atoms with Crippen LogP contribution in [0.3, 0.4) is 0 Å². The molecule has 94 valence electrons. The number of rotatable bonds is 5. The van der Waals surface area contributed by atoms with Crippen LogP contribution in [0.25, 0.3) is 0 Å². The first-order chi connectivity index (χ1) is 8.24. The highest BCUT2D eigenvalue weighted by molar-refractivity contribution is 9.10. The standard InChI is InChI=1S/C13H19BrN2S/c1-17-13(4-2-3-5-13)10-16-8-11-6-12(14)9-15-7-11/h6-7,9,16H,2-5,8,10H2,1H3. The Balaban J connectivity index is 1.82. The maximum Gasteiger partial charge on any atom is 0.0410 e. The van der Waals surface area contributed by atoms with Crippen molar-refractivity contribution in [3.63, 3.8) is 0 Å². The van der Waals surface area contributed by atoms with Crippen LogP contribution in [0, 0.1) is 0 Å². The van der Waals surface area contributed by atoms with Gasteiger partial charge in [0.05, 0.1) is 0 Å². The van der Waals surface area contributed by atoms with Gasteiger partial charge in [-0.3, -0.25) is 4.98 Å². The lowest BCUT2D eigenvalue weighted by Crippen LogP contribution is -2.34. The van der Waals surface area contributed by atoms with Crippen LogP contribution in [0.15, 0.2) is 22.9 Å². The molecule has 1 aliphatic rings. The number of aromatic nitrogens is 1. The van der Waals surface area contributed by atoms with E-state index < -0.39 is 0 Å². The fourth-order valence-corrected chi connectivity index (χ4v) is 3.82. The lowest BCUT2D eigenvalue weighted by atomic mass is 10.1. The molecule has 0 spiro atoms. The number of thioether (sulfide) groups is 1. The summed E-state index contributed by atoms with van der Waals surface area (Å²) in [5, 5.41) is 3.58. The minimum Gasteiger partial charge on any atom is -0.311 e. The van der Waals surface area contributed by atoms with E-state index in [1.807, 2.05) is 24.2 Å². The van der Waals surface area contributed by atoms with E-state index in [0.717, 1.165) is 17.6 Å². The molecule has 0 atom stereocenters. The Labute approximate surface area is 116 Å². The first-order valence-corrected chi connectivity index (χ1v) is 8.11. The van der Waals surface area contributed by atoms with E-state index in [9.17, 15) is 0 Å². The Morgan fingerprint density at radius 1 is 1.41 bits per heavy atom. The molecule has 0 unspecified atom stereocenters. The van der Waals surface area contributed by atoms with Crippen molar-refractivity contribution in [3.05, 3.63) is 28.5 Å². The zero-order valence-corrected chi connectivity index (χ0v) is 12.6. The summed E-state index contributed by atoms with van der Waals surface area (Å²) in [6, 6.07) is 2.13. The molecule has 0 saturated heterocycles. The van der Waals surface area contributed by atoms with E-state index >= 15 is 0 Å². The van der Waals surface area contributed by atoms with Crippen LogP contribution in [0.5, 0.6) is 0 Å². The van der Waals surface area contributed by atoms with Gasteiger partial charge < -0.3 is 5.32 Å². The maximum atomic E-state index is 4.18. The van der Waals surface area contributed by atoms with Crippen LogP contribution in [0.2, 0.25) is 0 Å². The maximum absolute atomic E-state index is 4.18. The minimum atomic E-state index is 0.486. The zero-order chi connectivity index (χ0) is 12.1. The third-order valence-electron chi connectivity index (χ3n) is 3.49. The predicted molar refractivity (Wildman–Crippen MR) is 78.4 cm³/mol. The Bertz CT molecular complexity index is 364. The van der Waals surface area contributed by atoms with Crippen LogP contribution in [-0.4, -0.2) is 22.5 Å². The topological polar surface area (TPSA) is 24.9 Å². The molecule has 4 heteroatoms. The molecule has 1 N–H and O–H groups in total. The lowest BCUT2D eigenvalue weighted by molar-refractivity contribution is 0.533. The normalized spacial score (nSPS) is 18.5. The molecule has 0 aromatic carbocycles. The second-order valence-corrected chi connectivity index (χ2v) is 6.90. The van der Waals surface area contributed by atoms with Crippen molar-refractivity contribution < 1.29 is 0 Å². The fourth-order valence-electron chi connectivity index (χ4n) is 2.46. The summed E-state index contributed by atoms with van der Waals surface area (Å²) in [6.45, 7) is 2.02. The average Bonchev–Trinajstić information content (AvgIpc) is 2.79. The summed E-state index contributed by atoms with van der Waals surface area (Å²) in [5.41, 5.74) is 1.24. The van der Waals surface area contributed by atoms with E-state index in [1.165, 1.54) is 31.2 Å². The molecule has 1 fully saturated rings. The number of hydrogen-bond acceptors (Lipinski definition) is 3. The van der Waals surface area contributed by atoms with E-state index in [1.54, 1.807) is 0 Å². The van der Waals surface area contributed by atoms with Crippen LogP contribution < -0.4 is 5.32 Å². The van der Waals surface area contributed by atoms with Crippen molar-refractivity contribution >= 4 is 27.7 Å². The van der Waals surface area contributed by atoms with E-state index in [0.29, 0.717) is 4.75 Å². The summed E-state index contributed by atoms with van der Waals surface area (Å²) >= 11 is 5.48. The quantitative estimate of drug-likeness (QED) is 0.898. The summed E-state index contributed by atoms with van der Waals surface area (Å²) in [4.78, 5) is 4.18. The molecule has 1 heterocycles. The Morgan fingerprint density at radius 2 is 2.18 bits per heavy atom. The third-order valence-corrected chi connectivity index (χ3v) is 5.34. The zero-order valence-electron chi connectivity index (χ0n) is 10.2. The summed E-state index contributed by atoms with van der Waals surface area (Å²) < 4.78 is 1.54. The first-order valence-electron chi connectivity index (χ1n) is 6.09. The van der Waals surface area contributed by atoms with E-state index in [2.05, 4.69) is 38.6 Å². The molecule has 0 radical (unpaired) electrons. The Kier molecular flexibility index (Phi) is 4.88. The van der Waals surface area contributed by atoms with Crippen LogP contribution in [0.4, 0.5) is 0 Å². The molecule has 0 aliphatic heterocycles. The van der Waals surface area contributed by atoms with Gasteiger partial charge in [0.2, 0.25) is 0 Å². The van der Waals surface area contributed by atoms with Gasteiger partial charge in [-0.25, -0.2) is 0 Å². The molecule has 17 heavy (non-hydrogen) atoms. The van der Waals surface area contributed by atoms with Gasteiger partial charge in [-0.05, 0) is 46.7 Å². The van der Waals surface area contributed by atoms with E-state index in [4.69, 9.17) is 0 Å². The monoisotopic (exact) mass is 314 g/mol. The molecule has 1 aliphatic carbocycles. The minimum absolute atomic E-state index is 0.486. The number of nitrogens with zero attached hydrogens (tertiary/aromatic N) is 1. The Morgan fingerprint density at radius 3 is 2.82 bits per heavy atom. The van der Waals surface area contributed by atoms with Crippen LogP contribution in [0.1, 0.15) is 31.2 Å². The Hall–Kier alpha value is -0.0600. The summed E-state index contributed by atoms with van der Waals surface area (Å²) in [7, 11) is 0. The molecule has 2 nitrogen and oxygen atoms in total. The van der Waals surface area contributed by atoms with Crippen molar-refractivity contribution in [1.82, 2.24) is 10.3 Å². The molecule has 1 saturated carbocycles. The third kappa shape index (κ3) is 3.70. The van der Waals surface area contributed by atoms with Gasteiger partial charge in [-0.15, -0.1) is 0 Å². The number of hydrogen-bond donors (Lipinski definition) is 1. The van der Waals surface area contributed by atoms with Crippen molar-refractivity contribution in [2.75, 3.05) is 12.8 Å². The van der Waals surface area contributed by atoms with Crippen molar-refractivity contribution in [2.45, 2.75) is 37.0 Å². The lowest BCUT2D eigenvalue weighted by Gasteiger charge is -2.27. The van der Waals surface area contributed by atoms with E-state index in [-0.39, 0.29) is 0 Å². The first kappa shape index (κ1) is 13.4. The summed E-state index contributed by atoms with van der Waals surface area (Å²) in [6.07, 6.45) is 11.5. The van der Waals surface area contributed by atoms with Gasteiger partial charge in [-0.2, -0.15) is 11.8 Å². The predicted octanol–water partition coefficient (Wildman–Crippen LogP) is 3.61. The highest BCUT2D eigenvalue weighted by Crippen LogP contribution is 2.39. The molecule has 1 aromatic heterocycles. The smallest absolute Gasteiger partial charge is 0.0410 e. The van der Waals surface area contributed by atoms with Gasteiger partial charge in [-0.1, -0.05) is 12.8 Å². The molecule has 1 aromatic rings. The highest BCUT2D eigenvalue weighted by atomic mass is 79.9. The van der Waals surface area contributed by atoms with Crippen molar-refractivity contribution in [3.8, 4) is 0 Å². The summed E-state index contributed by atoms with van der Waals surface area (Å²) in [5.74, 6) is 0. The SMILES string of the molecule is CSC1(CNCc2cncc(Br)c2)CCCC1. The van der Waals surface area contributed by atoms with Gasteiger partial charge in [0.15, 0.2) is 0 Å². The molecule has 2 rings (SSSR count).